The SMILES string of the molecule is OCCCSCCNC1CC(c2ccccc2Br)C1. The van der Waals surface area contributed by atoms with Crippen molar-refractivity contribution >= 4 is 27.7 Å². The molecule has 0 aliphatic heterocycles. The number of hydrogen-bond donors (Lipinski definition) is 2. The molecule has 1 saturated carbocycles. The van der Waals surface area contributed by atoms with Crippen molar-refractivity contribution in [2.75, 3.05) is 24.7 Å². The third-order valence-corrected chi connectivity index (χ3v) is 5.40. The molecule has 0 bridgehead atoms. The van der Waals surface area contributed by atoms with Gasteiger partial charge in [0.1, 0.15) is 0 Å². The van der Waals surface area contributed by atoms with Crippen LogP contribution in [0.2, 0.25) is 0 Å². The molecule has 0 atom stereocenters. The Morgan fingerprint density at radius 1 is 1.26 bits per heavy atom. The highest BCUT2D eigenvalue weighted by molar-refractivity contribution is 9.10. The summed E-state index contributed by atoms with van der Waals surface area (Å²) in [6.07, 6.45) is 3.42. The highest BCUT2D eigenvalue weighted by Gasteiger charge is 2.30. The van der Waals surface area contributed by atoms with E-state index in [0.29, 0.717) is 12.6 Å². The molecular weight excluding hydrogens is 322 g/mol. The minimum absolute atomic E-state index is 0.316. The molecule has 0 heterocycles. The summed E-state index contributed by atoms with van der Waals surface area (Å²) >= 11 is 5.56. The Kier molecular flexibility index (Phi) is 6.71. The average Bonchev–Trinajstić information content (AvgIpc) is 2.37. The number of aliphatic hydroxyl groups is 1. The summed E-state index contributed by atoms with van der Waals surface area (Å²) in [6, 6.07) is 9.25. The molecule has 2 N–H and O–H groups in total. The van der Waals surface area contributed by atoms with Gasteiger partial charge < -0.3 is 10.4 Å². The highest BCUT2D eigenvalue weighted by atomic mass is 79.9. The van der Waals surface area contributed by atoms with Crippen LogP contribution in [0.5, 0.6) is 0 Å². The third-order valence-electron chi connectivity index (χ3n) is 3.61. The molecule has 1 aromatic rings. The first-order chi connectivity index (χ1) is 9.31. The van der Waals surface area contributed by atoms with Gasteiger partial charge in [-0.1, -0.05) is 34.1 Å². The molecule has 0 spiro atoms. The summed E-state index contributed by atoms with van der Waals surface area (Å²) in [4.78, 5) is 0. The monoisotopic (exact) mass is 343 g/mol. The topological polar surface area (TPSA) is 32.3 Å². The minimum atomic E-state index is 0.316. The molecule has 2 nitrogen and oxygen atoms in total. The molecule has 0 saturated heterocycles. The number of hydrogen-bond acceptors (Lipinski definition) is 3. The number of rotatable bonds is 8. The quantitative estimate of drug-likeness (QED) is 0.709. The minimum Gasteiger partial charge on any atom is -0.396 e. The van der Waals surface area contributed by atoms with Crippen molar-refractivity contribution in [2.24, 2.45) is 0 Å². The fourth-order valence-corrected chi connectivity index (χ4v) is 3.86. The fraction of sp³-hybridized carbons (Fsp3) is 0.600. The molecule has 1 aromatic carbocycles. The summed E-state index contributed by atoms with van der Waals surface area (Å²) < 4.78 is 1.25. The molecule has 0 unspecified atom stereocenters. The largest absolute Gasteiger partial charge is 0.396 e. The maximum Gasteiger partial charge on any atom is 0.0438 e. The number of nitrogens with one attached hydrogen (secondary N) is 1. The van der Waals surface area contributed by atoms with Crippen molar-refractivity contribution in [1.29, 1.82) is 0 Å². The van der Waals surface area contributed by atoms with Crippen LogP contribution in [0.25, 0.3) is 0 Å². The molecule has 19 heavy (non-hydrogen) atoms. The smallest absolute Gasteiger partial charge is 0.0438 e. The van der Waals surface area contributed by atoms with E-state index >= 15 is 0 Å². The lowest BCUT2D eigenvalue weighted by Gasteiger charge is -2.37. The van der Waals surface area contributed by atoms with Gasteiger partial charge in [0.05, 0.1) is 0 Å². The summed E-state index contributed by atoms with van der Waals surface area (Å²) in [7, 11) is 0. The van der Waals surface area contributed by atoms with Gasteiger partial charge in [0.25, 0.3) is 0 Å². The van der Waals surface area contributed by atoms with E-state index in [0.717, 1.165) is 30.4 Å². The first-order valence-electron chi connectivity index (χ1n) is 6.97. The second kappa shape index (κ2) is 8.30. The Bertz CT molecular complexity index is 382. The molecule has 0 amide bonds. The first-order valence-corrected chi connectivity index (χ1v) is 8.92. The van der Waals surface area contributed by atoms with Gasteiger partial charge in [0.2, 0.25) is 0 Å². The zero-order valence-corrected chi connectivity index (χ0v) is 13.5. The molecule has 1 fully saturated rings. The molecule has 4 heteroatoms. The van der Waals surface area contributed by atoms with E-state index in [1.165, 1.54) is 22.9 Å². The Labute approximate surface area is 128 Å². The molecule has 1 aliphatic rings. The maximum atomic E-state index is 8.69. The second-order valence-electron chi connectivity index (χ2n) is 5.03. The summed E-state index contributed by atoms with van der Waals surface area (Å²) in [5, 5.41) is 12.3. The van der Waals surface area contributed by atoms with Gasteiger partial charge in [-0.2, -0.15) is 11.8 Å². The molecule has 0 aromatic heterocycles. The second-order valence-corrected chi connectivity index (χ2v) is 7.11. The zero-order valence-electron chi connectivity index (χ0n) is 11.1. The predicted molar refractivity (Wildman–Crippen MR) is 86.9 cm³/mol. The van der Waals surface area contributed by atoms with E-state index in [-0.39, 0.29) is 0 Å². The van der Waals surface area contributed by atoms with E-state index in [1.54, 1.807) is 0 Å². The van der Waals surface area contributed by atoms with Gasteiger partial charge in [0, 0.05) is 29.4 Å². The average molecular weight is 344 g/mol. The van der Waals surface area contributed by atoms with Crippen molar-refractivity contribution in [3.63, 3.8) is 0 Å². The van der Waals surface area contributed by atoms with Crippen molar-refractivity contribution in [2.45, 2.75) is 31.2 Å². The van der Waals surface area contributed by atoms with E-state index < -0.39 is 0 Å². The van der Waals surface area contributed by atoms with Crippen LogP contribution in [0.3, 0.4) is 0 Å². The van der Waals surface area contributed by atoms with Crippen LogP contribution in [0.15, 0.2) is 28.7 Å². The lowest BCUT2D eigenvalue weighted by atomic mass is 9.76. The Hall–Kier alpha value is -0.0300. The Morgan fingerprint density at radius 3 is 2.79 bits per heavy atom. The van der Waals surface area contributed by atoms with Crippen molar-refractivity contribution < 1.29 is 5.11 Å². The van der Waals surface area contributed by atoms with Gasteiger partial charge in [-0.15, -0.1) is 0 Å². The fourth-order valence-electron chi connectivity index (χ4n) is 2.45. The van der Waals surface area contributed by atoms with Crippen molar-refractivity contribution in [3.8, 4) is 0 Å². The maximum absolute atomic E-state index is 8.69. The molecular formula is C15H22BrNOS. The van der Waals surface area contributed by atoms with Crippen LogP contribution in [0.1, 0.15) is 30.7 Å². The standard InChI is InChI=1S/C15H22BrNOS/c16-15-5-2-1-4-14(15)12-10-13(11-12)17-6-9-19-8-3-7-18/h1-2,4-5,12-13,17-18H,3,6-11H2. The Morgan fingerprint density at radius 2 is 2.05 bits per heavy atom. The molecule has 2 rings (SSSR count). The highest BCUT2D eigenvalue weighted by Crippen LogP contribution is 2.39. The lowest BCUT2D eigenvalue weighted by molar-refractivity contribution is 0.295. The number of thioether (sulfide) groups is 1. The number of benzene rings is 1. The van der Waals surface area contributed by atoms with E-state index in [2.05, 4.69) is 45.5 Å². The normalized spacial score (nSPS) is 22.2. The Balaban J connectivity index is 1.58. The van der Waals surface area contributed by atoms with Gasteiger partial charge >= 0.3 is 0 Å². The molecule has 1 aliphatic carbocycles. The van der Waals surface area contributed by atoms with Crippen LogP contribution in [0.4, 0.5) is 0 Å². The van der Waals surface area contributed by atoms with Gasteiger partial charge in [-0.25, -0.2) is 0 Å². The predicted octanol–water partition coefficient (Wildman–Crippen LogP) is 3.40. The van der Waals surface area contributed by atoms with Gasteiger partial charge in [-0.05, 0) is 42.6 Å². The van der Waals surface area contributed by atoms with Gasteiger partial charge in [-0.3, -0.25) is 0 Å². The van der Waals surface area contributed by atoms with Crippen LogP contribution >= 0.6 is 27.7 Å². The van der Waals surface area contributed by atoms with E-state index in [9.17, 15) is 0 Å². The van der Waals surface area contributed by atoms with Crippen LogP contribution in [-0.2, 0) is 0 Å². The van der Waals surface area contributed by atoms with E-state index in [4.69, 9.17) is 5.11 Å². The zero-order chi connectivity index (χ0) is 13.5. The van der Waals surface area contributed by atoms with Gasteiger partial charge in [0.15, 0.2) is 0 Å². The van der Waals surface area contributed by atoms with Crippen LogP contribution in [0, 0.1) is 0 Å². The summed E-state index contributed by atoms with van der Waals surface area (Å²) in [6.45, 7) is 1.40. The van der Waals surface area contributed by atoms with Crippen LogP contribution in [-0.4, -0.2) is 35.8 Å². The molecule has 106 valence electrons. The number of halogens is 1. The van der Waals surface area contributed by atoms with Crippen LogP contribution < -0.4 is 5.32 Å². The lowest BCUT2D eigenvalue weighted by Crippen LogP contribution is -2.41. The van der Waals surface area contributed by atoms with Crippen molar-refractivity contribution in [1.82, 2.24) is 5.32 Å². The number of aliphatic hydroxyl groups excluding tert-OH is 1. The summed E-state index contributed by atoms with van der Waals surface area (Å²) in [5.74, 6) is 2.94. The molecule has 0 radical (unpaired) electrons. The van der Waals surface area contributed by atoms with E-state index in [1.807, 2.05) is 11.8 Å². The third kappa shape index (κ3) is 4.78. The first kappa shape index (κ1) is 15.4. The van der Waals surface area contributed by atoms with Crippen molar-refractivity contribution in [3.05, 3.63) is 34.3 Å². The summed E-state index contributed by atoms with van der Waals surface area (Å²) in [5.41, 5.74) is 1.46.